The minimum atomic E-state index is 0.630. The third-order valence-electron chi connectivity index (χ3n) is 7.72. The quantitative estimate of drug-likeness (QED) is 0.215. The van der Waals surface area contributed by atoms with E-state index in [9.17, 15) is 0 Å². The van der Waals surface area contributed by atoms with E-state index in [0.717, 1.165) is 22.4 Å². The molecule has 3 heteroatoms. The van der Waals surface area contributed by atoms with E-state index in [1.165, 1.54) is 54.8 Å². The van der Waals surface area contributed by atoms with Crippen LogP contribution in [-0.4, -0.2) is 9.13 Å². The Kier molecular flexibility index (Phi) is 4.77. The molecule has 0 atom stereocenters. The molecule has 5 aromatic carbocycles. The molecule has 0 aliphatic carbocycles. The average molecular weight is 490 g/mol. The summed E-state index contributed by atoms with van der Waals surface area (Å²) in [5.41, 5.74) is 12.3. The summed E-state index contributed by atoms with van der Waals surface area (Å²) in [5.74, 6) is 0. The highest BCUT2D eigenvalue weighted by Gasteiger charge is 2.20. The molecular weight excluding hydrogens is 462 g/mol. The van der Waals surface area contributed by atoms with E-state index in [1.807, 2.05) is 12.1 Å². The summed E-state index contributed by atoms with van der Waals surface area (Å²) in [4.78, 5) is 3.83. The number of rotatable bonds is 2. The highest BCUT2D eigenvalue weighted by molar-refractivity contribution is 6.12. The fraction of sp³-hybridized carbons (Fsp3) is 0.114. The predicted octanol–water partition coefficient (Wildman–Crippen LogP) is 9.67. The van der Waals surface area contributed by atoms with Crippen LogP contribution in [0.5, 0.6) is 0 Å². The van der Waals surface area contributed by atoms with Gasteiger partial charge in [-0.1, -0.05) is 52.6 Å². The maximum atomic E-state index is 7.81. The molecule has 0 fully saturated rings. The SMILES string of the molecule is [C-]#[N+]c1ccc(-n2c3ccc(C)cc3c3cc(C)ccc32)c(-n2c3ccc(C)cc3c3cc(C)ccc32)c1. The smallest absolute Gasteiger partial charge is 0.189 e. The van der Waals surface area contributed by atoms with Gasteiger partial charge in [-0.15, -0.1) is 0 Å². The van der Waals surface area contributed by atoms with E-state index in [0.29, 0.717) is 5.69 Å². The van der Waals surface area contributed by atoms with Crippen molar-refractivity contribution in [3.63, 3.8) is 0 Å². The van der Waals surface area contributed by atoms with Crippen LogP contribution >= 0.6 is 0 Å². The van der Waals surface area contributed by atoms with Crippen LogP contribution in [0.25, 0.3) is 59.8 Å². The topological polar surface area (TPSA) is 14.2 Å². The molecule has 3 nitrogen and oxygen atoms in total. The minimum Gasteiger partial charge on any atom is -0.308 e. The van der Waals surface area contributed by atoms with Gasteiger partial charge in [-0.05, 0) is 88.4 Å². The lowest BCUT2D eigenvalue weighted by Crippen LogP contribution is -2.03. The van der Waals surface area contributed by atoms with Crippen LogP contribution in [0.1, 0.15) is 22.3 Å². The number of aryl methyl sites for hydroxylation is 4. The summed E-state index contributed by atoms with van der Waals surface area (Å²) in [6.07, 6.45) is 0. The lowest BCUT2D eigenvalue weighted by Gasteiger charge is -2.17. The molecule has 2 heterocycles. The first-order valence-corrected chi connectivity index (χ1v) is 13.0. The van der Waals surface area contributed by atoms with Gasteiger partial charge in [0, 0.05) is 21.5 Å². The van der Waals surface area contributed by atoms with Crippen LogP contribution < -0.4 is 0 Å². The minimum absolute atomic E-state index is 0.630. The highest BCUT2D eigenvalue weighted by atomic mass is 15.1. The standard InChI is InChI=1S/C35H27N3/c1-21-6-11-30-26(16-21)27-17-22(2)7-12-31(27)37(30)34-15-10-25(36-5)20-35(34)38-32-13-8-23(3)18-28(32)29-19-24(4)9-14-33(29)38/h6-20H,1-4H3. The number of hydrogen-bond donors (Lipinski definition) is 0. The zero-order valence-electron chi connectivity index (χ0n) is 22.0. The molecule has 0 radical (unpaired) electrons. The van der Waals surface area contributed by atoms with Crippen LogP contribution in [0.15, 0.2) is 91.0 Å². The number of nitrogens with zero attached hydrogens (tertiary/aromatic N) is 3. The van der Waals surface area contributed by atoms with E-state index in [-0.39, 0.29) is 0 Å². The Morgan fingerprint density at radius 1 is 0.447 bits per heavy atom. The summed E-state index contributed by atoms with van der Waals surface area (Å²) >= 11 is 0. The van der Waals surface area contributed by atoms with Crippen molar-refractivity contribution in [1.82, 2.24) is 9.13 Å². The first-order chi connectivity index (χ1) is 18.4. The molecule has 7 aromatic rings. The molecule has 2 aromatic heterocycles. The van der Waals surface area contributed by atoms with Crippen molar-refractivity contribution < 1.29 is 0 Å². The van der Waals surface area contributed by atoms with Crippen molar-refractivity contribution in [3.8, 4) is 11.4 Å². The van der Waals surface area contributed by atoms with Crippen molar-refractivity contribution in [2.24, 2.45) is 0 Å². The molecule has 7 rings (SSSR count). The van der Waals surface area contributed by atoms with Gasteiger partial charge in [0.15, 0.2) is 5.69 Å². The molecule has 0 spiro atoms. The van der Waals surface area contributed by atoms with Gasteiger partial charge in [-0.25, -0.2) is 4.85 Å². The van der Waals surface area contributed by atoms with E-state index in [2.05, 4.69) is 121 Å². The largest absolute Gasteiger partial charge is 0.308 e. The van der Waals surface area contributed by atoms with Crippen LogP contribution in [0.4, 0.5) is 5.69 Å². The third-order valence-corrected chi connectivity index (χ3v) is 7.72. The Bertz CT molecular complexity index is 2010. The Hall–Kier alpha value is -4.81. The fourth-order valence-corrected chi connectivity index (χ4v) is 5.97. The summed E-state index contributed by atoms with van der Waals surface area (Å²) in [6.45, 7) is 16.4. The summed E-state index contributed by atoms with van der Waals surface area (Å²) < 4.78 is 4.71. The van der Waals surface area contributed by atoms with E-state index >= 15 is 0 Å². The van der Waals surface area contributed by atoms with Crippen LogP contribution in [0.3, 0.4) is 0 Å². The molecular formula is C35H27N3. The molecule has 0 aliphatic heterocycles. The molecule has 0 saturated heterocycles. The van der Waals surface area contributed by atoms with E-state index in [4.69, 9.17) is 6.57 Å². The molecule has 38 heavy (non-hydrogen) atoms. The van der Waals surface area contributed by atoms with Crippen molar-refractivity contribution >= 4 is 49.3 Å². The molecule has 0 N–H and O–H groups in total. The van der Waals surface area contributed by atoms with E-state index in [1.54, 1.807) is 0 Å². The van der Waals surface area contributed by atoms with Crippen molar-refractivity contribution in [3.05, 3.63) is 125 Å². The molecule has 182 valence electrons. The number of benzene rings is 5. The zero-order valence-corrected chi connectivity index (χ0v) is 22.0. The van der Waals surface area contributed by atoms with Gasteiger partial charge >= 0.3 is 0 Å². The van der Waals surface area contributed by atoms with E-state index < -0.39 is 0 Å². The molecule has 0 saturated carbocycles. The predicted molar refractivity (Wildman–Crippen MR) is 160 cm³/mol. The summed E-state index contributed by atoms with van der Waals surface area (Å²) in [5, 5.41) is 4.96. The van der Waals surface area contributed by atoms with Gasteiger partial charge in [0.25, 0.3) is 0 Å². The second-order valence-corrected chi connectivity index (χ2v) is 10.5. The second kappa shape index (κ2) is 8.10. The van der Waals surface area contributed by atoms with Gasteiger partial charge in [0.1, 0.15) is 0 Å². The maximum Gasteiger partial charge on any atom is 0.189 e. The first kappa shape index (κ1) is 22.4. The number of aromatic nitrogens is 2. The van der Waals surface area contributed by atoms with Crippen LogP contribution in [-0.2, 0) is 0 Å². The Balaban J connectivity index is 1.67. The van der Waals surface area contributed by atoms with Crippen LogP contribution in [0.2, 0.25) is 0 Å². The Morgan fingerprint density at radius 3 is 1.18 bits per heavy atom. The van der Waals surface area contributed by atoms with Crippen molar-refractivity contribution in [1.29, 1.82) is 0 Å². The lowest BCUT2D eigenvalue weighted by molar-refractivity contribution is 1.10. The number of fused-ring (bicyclic) bond motifs is 6. The lowest BCUT2D eigenvalue weighted by atomic mass is 10.1. The molecule has 0 amide bonds. The van der Waals surface area contributed by atoms with Gasteiger partial charge in [-0.2, -0.15) is 0 Å². The van der Waals surface area contributed by atoms with Gasteiger partial charge < -0.3 is 9.13 Å². The zero-order chi connectivity index (χ0) is 26.1. The van der Waals surface area contributed by atoms with Gasteiger partial charge in [0.05, 0.1) is 40.0 Å². The Labute approximate surface area is 222 Å². The van der Waals surface area contributed by atoms with Gasteiger partial charge in [0.2, 0.25) is 0 Å². The molecule has 0 bridgehead atoms. The second-order valence-electron chi connectivity index (χ2n) is 10.5. The summed E-state index contributed by atoms with van der Waals surface area (Å²) in [7, 11) is 0. The maximum absolute atomic E-state index is 7.81. The monoisotopic (exact) mass is 489 g/mol. The van der Waals surface area contributed by atoms with Crippen molar-refractivity contribution in [2.45, 2.75) is 27.7 Å². The summed E-state index contributed by atoms with van der Waals surface area (Å²) in [6, 6.07) is 32.8. The van der Waals surface area contributed by atoms with Gasteiger partial charge in [-0.3, -0.25) is 0 Å². The highest BCUT2D eigenvalue weighted by Crippen LogP contribution is 2.40. The first-order valence-electron chi connectivity index (χ1n) is 13.0. The Morgan fingerprint density at radius 2 is 0.816 bits per heavy atom. The van der Waals surface area contributed by atoms with Crippen LogP contribution in [0, 0.1) is 34.3 Å². The fourth-order valence-electron chi connectivity index (χ4n) is 5.97. The molecule has 0 unspecified atom stereocenters. The third kappa shape index (κ3) is 3.20. The van der Waals surface area contributed by atoms with Crippen molar-refractivity contribution in [2.75, 3.05) is 0 Å². The normalized spacial score (nSPS) is 11.7. The number of hydrogen-bond acceptors (Lipinski definition) is 0. The average Bonchev–Trinajstić information content (AvgIpc) is 3.39. The molecule has 0 aliphatic rings.